The Morgan fingerprint density at radius 1 is 1.16 bits per heavy atom. The van der Waals surface area contributed by atoms with Crippen LogP contribution >= 0.6 is 0 Å². The Hall–Kier alpha value is -0.870. The van der Waals surface area contributed by atoms with Crippen LogP contribution in [0.1, 0.15) is 45.2 Å². The van der Waals surface area contributed by atoms with Gasteiger partial charge < -0.3 is 5.32 Å². The van der Waals surface area contributed by atoms with Gasteiger partial charge >= 0.3 is 0 Å². The minimum atomic E-state index is -3.05. The Morgan fingerprint density at radius 2 is 1.79 bits per heavy atom. The van der Waals surface area contributed by atoms with Crippen LogP contribution in [0.3, 0.4) is 0 Å². The minimum absolute atomic E-state index is 0.111. The standard InChI is InChI=1S/C15H25NO2S/c1-4-11-16-15(14-9-7-6-8-10-14)12-19(17,18)13(3)5-2/h6-10,13,15-16H,4-5,11-12H2,1-3H3. The summed E-state index contributed by atoms with van der Waals surface area (Å²) in [5, 5.41) is 3.07. The summed E-state index contributed by atoms with van der Waals surface area (Å²) in [5.74, 6) is 0.173. The van der Waals surface area contributed by atoms with Crippen LogP contribution in [-0.4, -0.2) is 26.0 Å². The summed E-state index contributed by atoms with van der Waals surface area (Å²) >= 11 is 0. The molecule has 0 bridgehead atoms. The number of hydrogen-bond acceptors (Lipinski definition) is 3. The van der Waals surface area contributed by atoms with Crippen molar-refractivity contribution in [2.24, 2.45) is 0 Å². The van der Waals surface area contributed by atoms with Gasteiger partial charge in [-0.05, 0) is 31.9 Å². The van der Waals surface area contributed by atoms with Crippen molar-refractivity contribution in [3.05, 3.63) is 35.9 Å². The highest BCUT2D eigenvalue weighted by Crippen LogP contribution is 2.18. The lowest BCUT2D eigenvalue weighted by Gasteiger charge is -2.21. The lowest BCUT2D eigenvalue weighted by atomic mass is 10.1. The molecule has 2 unspecified atom stereocenters. The molecule has 0 fully saturated rings. The molecule has 1 aromatic rings. The first-order valence-corrected chi connectivity index (χ1v) is 8.72. The SMILES string of the molecule is CCCNC(CS(=O)(=O)C(C)CC)c1ccccc1. The predicted molar refractivity (Wildman–Crippen MR) is 81.0 cm³/mol. The van der Waals surface area contributed by atoms with Crippen LogP contribution in [-0.2, 0) is 9.84 Å². The van der Waals surface area contributed by atoms with Crippen molar-refractivity contribution >= 4 is 9.84 Å². The monoisotopic (exact) mass is 283 g/mol. The molecule has 108 valence electrons. The number of hydrogen-bond donors (Lipinski definition) is 1. The Kier molecular flexibility index (Phi) is 6.52. The van der Waals surface area contributed by atoms with Gasteiger partial charge in [0.15, 0.2) is 9.84 Å². The molecule has 0 heterocycles. The summed E-state index contributed by atoms with van der Waals surface area (Å²) in [6.07, 6.45) is 1.66. The average molecular weight is 283 g/mol. The normalized spacial score (nSPS) is 15.1. The van der Waals surface area contributed by atoms with E-state index in [1.807, 2.05) is 37.3 Å². The van der Waals surface area contributed by atoms with Gasteiger partial charge in [0.2, 0.25) is 0 Å². The number of nitrogens with one attached hydrogen (secondary N) is 1. The first kappa shape index (κ1) is 16.2. The first-order chi connectivity index (χ1) is 9.01. The van der Waals surface area contributed by atoms with Gasteiger partial charge in [0.1, 0.15) is 0 Å². The van der Waals surface area contributed by atoms with E-state index in [9.17, 15) is 8.42 Å². The molecule has 0 aromatic heterocycles. The topological polar surface area (TPSA) is 46.2 Å². The molecular weight excluding hydrogens is 258 g/mol. The lowest BCUT2D eigenvalue weighted by Crippen LogP contribution is -2.32. The van der Waals surface area contributed by atoms with Crippen LogP contribution in [0, 0.1) is 0 Å². The Morgan fingerprint density at radius 3 is 2.32 bits per heavy atom. The van der Waals surface area contributed by atoms with Crippen LogP contribution in [0.4, 0.5) is 0 Å². The van der Waals surface area contributed by atoms with Crippen molar-refractivity contribution in [1.29, 1.82) is 0 Å². The maximum absolute atomic E-state index is 12.3. The van der Waals surface area contributed by atoms with Gasteiger partial charge in [-0.25, -0.2) is 8.42 Å². The zero-order valence-electron chi connectivity index (χ0n) is 12.1. The second-order valence-electron chi connectivity index (χ2n) is 4.97. The van der Waals surface area contributed by atoms with Crippen LogP contribution in [0.5, 0.6) is 0 Å². The minimum Gasteiger partial charge on any atom is -0.309 e. The van der Waals surface area contributed by atoms with E-state index in [4.69, 9.17) is 0 Å². The third-order valence-electron chi connectivity index (χ3n) is 3.43. The molecule has 0 aliphatic carbocycles. The fraction of sp³-hybridized carbons (Fsp3) is 0.600. The molecule has 0 aliphatic rings. The zero-order chi connectivity index (χ0) is 14.3. The van der Waals surface area contributed by atoms with Gasteiger partial charge in [-0.1, -0.05) is 44.2 Å². The second kappa shape index (κ2) is 7.65. The second-order valence-corrected chi connectivity index (χ2v) is 7.43. The molecule has 0 saturated heterocycles. The highest BCUT2D eigenvalue weighted by Gasteiger charge is 2.24. The highest BCUT2D eigenvalue weighted by molar-refractivity contribution is 7.92. The molecule has 1 rings (SSSR count). The summed E-state index contributed by atoms with van der Waals surface area (Å²) in [5.41, 5.74) is 1.04. The Labute approximate surface area is 117 Å². The molecule has 1 N–H and O–H groups in total. The van der Waals surface area contributed by atoms with E-state index < -0.39 is 9.84 Å². The van der Waals surface area contributed by atoms with E-state index in [1.54, 1.807) is 6.92 Å². The van der Waals surface area contributed by atoms with Crippen LogP contribution < -0.4 is 5.32 Å². The number of sulfone groups is 1. The van der Waals surface area contributed by atoms with Crippen molar-refractivity contribution in [2.75, 3.05) is 12.3 Å². The first-order valence-electron chi connectivity index (χ1n) is 7.01. The molecule has 2 atom stereocenters. The van der Waals surface area contributed by atoms with E-state index in [0.717, 1.165) is 18.5 Å². The smallest absolute Gasteiger partial charge is 0.154 e. The van der Waals surface area contributed by atoms with Crippen molar-refractivity contribution < 1.29 is 8.42 Å². The van der Waals surface area contributed by atoms with Crippen molar-refractivity contribution in [2.45, 2.75) is 44.9 Å². The fourth-order valence-corrected chi connectivity index (χ4v) is 3.54. The zero-order valence-corrected chi connectivity index (χ0v) is 12.9. The molecule has 0 amide bonds. The summed E-state index contributed by atoms with van der Waals surface area (Å²) in [6.45, 7) is 6.62. The molecule has 0 spiro atoms. The van der Waals surface area contributed by atoms with Gasteiger partial charge in [0.25, 0.3) is 0 Å². The van der Waals surface area contributed by atoms with Gasteiger partial charge in [0, 0.05) is 6.04 Å². The van der Waals surface area contributed by atoms with E-state index in [0.29, 0.717) is 6.42 Å². The molecular formula is C15H25NO2S. The van der Waals surface area contributed by atoms with Gasteiger partial charge in [0.05, 0.1) is 11.0 Å². The van der Waals surface area contributed by atoms with Crippen molar-refractivity contribution in [3.8, 4) is 0 Å². The summed E-state index contributed by atoms with van der Waals surface area (Å²) in [6, 6.07) is 9.71. The van der Waals surface area contributed by atoms with E-state index in [2.05, 4.69) is 12.2 Å². The summed E-state index contributed by atoms with van der Waals surface area (Å²) in [4.78, 5) is 0. The number of benzene rings is 1. The quantitative estimate of drug-likeness (QED) is 0.798. The Bertz CT molecular complexity index is 456. The van der Waals surface area contributed by atoms with E-state index >= 15 is 0 Å². The molecule has 0 aliphatic heterocycles. The number of rotatable bonds is 8. The van der Waals surface area contributed by atoms with Crippen molar-refractivity contribution in [1.82, 2.24) is 5.32 Å². The lowest BCUT2D eigenvalue weighted by molar-refractivity contribution is 0.538. The maximum Gasteiger partial charge on any atom is 0.154 e. The molecule has 0 radical (unpaired) electrons. The van der Waals surface area contributed by atoms with E-state index in [-0.39, 0.29) is 17.0 Å². The predicted octanol–water partition coefficient (Wildman–Crippen LogP) is 2.94. The summed E-state index contributed by atoms with van der Waals surface area (Å²) < 4.78 is 24.5. The third kappa shape index (κ3) is 4.96. The third-order valence-corrected chi connectivity index (χ3v) is 5.79. The summed E-state index contributed by atoms with van der Waals surface area (Å²) in [7, 11) is -3.05. The van der Waals surface area contributed by atoms with E-state index in [1.165, 1.54) is 0 Å². The molecule has 1 aromatic carbocycles. The van der Waals surface area contributed by atoms with Crippen molar-refractivity contribution in [3.63, 3.8) is 0 Å². The molecule has 0 saturated carbocycles. The fourth-order valence-electron chi connectivity index (χ4n) is 1.93. The van der Waals surface area contributed by atoms with Gasteiger partial charge in [-0.2, -0.15) is 0 Å². The Balaban J connectivity index is 2.87. The largest absolute Gasteiger partial charge is 0.309 e. The van der Waals surface area contributed by atoms with Crippen LogP contribution in [0.2, 0.25) is 0 Å². The van der Waals surface area contributed by atoms with Gasteiger partial charge in [-0.3, -0.25) is 0 Å². The van der Waals surface area contributed by atoms with Crippen LogP contribution in [0.15, 0.2) is 30.3 Å². The van der Waals surface area contributed by atoms with Crippen LogP contribution in [0.25, 0.3) is 0 Å². The maximum atomic E-state index is 12.3. The highest BCUT2D eigenvalue weighted by atomic mass is 32.2. The average Bonchev–Trinajstić information content (AvgIpc) is 2.43. The molecule has 3 nitrogen and oxygen atoms in total. The molecule has 4 heteroatoms. The molecule has 19 heavy (non-hydrogen) atoms. The van der Waals surface area contributed by atoms with Gasteiger partial charge in [-0.15, -0.1) is 0 Å².